The Balaban J connectivity index is 1.51. The number of rotatable bonds is 6. The third-order valence-corrected chi connectivity index (χ3v) is 4.63. The molecular weight excluding hydrogens is 262 g/mol. The van der Waals surface area contributed by atoms with Crippen molar-refractivity contribution < 1.29 is 4.79 Å². The number of hydrogen-bond donors (Lipinski definition) is 2. The molecule has 2 atom stereocenters. The second-order valence-electron chi connectivity index (χ2n) is 6.36. The SMILES string of the molecule is NC(CNC(=O)C1CCCN1Cc1ccccc1)C1CC1. The molecule has 1 aromatic rings. The van der Waals surface area contributed by atoms with Crippen LogP contribution in [0.1, 0.15) is 31.2 Å². The Morgan fingerprint density at radius 2 is 2.05 bits per heavy atom. The summed E-state index contributed by atoms with van der Waals surface area (Å²) in [6.07, 6.45) is 4.50. The summed E-state index contributed by atoms with van der Waals surface area (Å²) in [6.45, 7) is 2.48. The van der Waals surface area contributed by atoms with Crippen molar-refractivity contribution in [3.05, 3.63) is 35.9 Å². The maximum Gasteiger partial charge on any atom is 0.237 e. The van der Waals surface area contributed by atoms with E-state index >= 15 is 0 Å². The highest BCUT2D eigenvalue weighted by Crippen LogP contribution is 2.31. The fourth-order valence-electron chi connectivity index (χ4n) is 3.16. The van der Waals surface area contributed by atoms with Gasteiger partial charge in [0.1, 0.15) is 0 Å². The maximum absolute atomic E-state index is 12.4. The van der Waals surface area contributed by atoms with Gasteiger partial charge in [0.15, 0.2) is 0 Å². The zero-order valence-corrected chi connectivity index (χ0v) is 12.5. The van der Waals surface area contributed by atoms with Crippen LogP contribution in [0.5, 0.6) is 0 Å². The van der Waals surface area contributed by atoms with Crippen molar-refractivity contribution in [3.8, 4) is 0 Å². The number of hydrogen-bond acceptors (Lipinski definition) is 3. The van der Waals surface area contributed by atoms with E-state index in [9.17, 15) is 4.79 Å². The number of nitrogens with zero attached hydrogens (tertiary/aromatic N) is 1. The molecule has 1 saturated carbocycles. The Kier molecular flexibility index (Phi) is 4.56. The van der Waals surface area contributed by atoms with E-state index in [-0.39, 0.29) is 18.0 Å². The summed E-state index contributed by atoms with van der Waals surface area (Å²) >= 11 is 0. The summed E-state index contributed by atoms with van der Waals surface area (Å²) in [6, 6.07) is 10.5. The second kappa shape index (κ2) is 6.58. The van der Waals surface area contributed by atoms with Gasteiger partial charge < -0.3 is 11.1 Å². The van der Waals surface area contributed by atoms with Crippen LogP contribution in [-0.2, 0) is 11.3 Å². The predicted molar refractivity (Wildman–Crippen MR) is 83.6 cm³/mol. The molecule has 4 heteroatoms. The molecule has 0 bridgehead atoms. The highest BCUT2D eigenvalue weighted by molar-refractivity contribution is 5.82. The van der Waals surface area contributed by atoms with E-state index in [1.54, 1.807) is 0 Å². The largest absolute Gasteiger partial charge is 0.353 e. The predicted octanol–water partition coefficient (Wildman–Crippen LogP) is 1.50. The molecule has 1 heterocycles. The minimum Gasteiger partial charge on any atom is -0.353 e. The molecule has 1 saturated heterocycles. The minimum atomic E-state index is 0.0107. The van der Waals surface area contributed by atoms with Gasteiger partial charge in [0.25, 0.3) is 0 Å². The van der Waals surface area contributed by atoms with E-state index < -0.39 is 0 Å². The Morgan fingerprint density at radius 3 is 2.76 bits per heavy atom. The Morgan fingerprint density at radius 1 is 1.29 bits per heavy atom. The number of amides is 1. The lowest BCUT2D eigenvalue weighted by Gasteiger charge is -2.24. The Labute approximate surface area is 126 Å². The van der Waals surface area contributed by atoms with E-state index in [1.807, 2.05) is 6.07 Å². The van der Waals surface area contributed by atoms with Crippen molar-refractivity contribution in [1.29, 1.82) is 0 Å². The molecule has 1 amide bonds. The third kappa shape index (κ3) is 3.83. The first-order valence-corrected chi connectivity index (χ1v) is 8.05. The summed E-state index contributed by atoms with van der Waals surface area (Å²) in [5, 5.41) is 3.06. The highest BCUT2D eigenvalue weighted by Gasteiger charge is 2.32. The van der Waals surface area contributed by atoms with Crippen molar-refractivity contribution in [2.24, 2.45) is 11.7 Å². The van der Waals surface area contributed by atoms with E-state index in [1.165, 1.54) is 18.4 Å². The number of nitrogens with two attached hydrogens (primary N) is 1. The first-order valence-electron chi connectivity index (χ1n) is 8.05. The normalized spacial score (nSPS) is 24.0. The summed E-state index contributed by atoms with van der Waals surface area (Å²) < 4.78 is 0. The lowest BCUT2D eigenvalue weighted by atomic mass is 10.1. The fraction of sp³-hybridized carbons (Fsp3) is 0.588. The van der Waals surface area contributed by atoms with Gasteiger partial charge in [0.05, 0.1) is 6.04 Å². The molecule has 2 fully saturated rings. The summed E-state index contributed by atoms with van der Waals surface area (Å²) in [5.74, 6) is 0.786. The van der Waals surface area contributed by atoms with Gasteiger partial charge in [-0.3, -0.25) is 9.69 Å². The van der Waals surface area contributed by atoms with Crippen LogP contribution in [0.2, 0.25) is 0 Å². The number of likely N-dealkylation sites (tertiary alicyclic amines) is 1. The molecule has 21 heavy (non-hydrogen) atoms. The summed E-state index contributed by atoms with van der Waals surface area (Å²) in [4.78, 5) is 14.7. The smallest absolute Gasteiger partial charge is 0.237 e. The molecule has 2 unspecified atom stereocenters. The van der Waals surface area contributed by atoms with Crippen LogP contribution in [0, 0.1) is 5.92 Å². The standard InChI is InChI=1S/C17H25N3O/c18-15(14-8-9-14)11-19-17(21)16-7-4-10-20(16)12-13-5-2-1-3-6-13/h1-3,5-6,14-16H,4,7-12,18H2,(H,19,21). The molecule has 1 aromatic carbocycles. The monoisotopic (exact) mass is 287 g/mol. The summed E-state index contributed by atoms with van der Waals surface area (Å²) in [5.41, 5.74) is 7.33. The van der Waals surface area contributed by atoms with Crippen LogP contribution >= 0.6 is 0 Å². The van der Waals surface area contributed by atoms with Crippen LogP contribution in [0.3, 0.4) is 0 Å². The number of nitrogens with one attached hydrogen (secondary N) is 1. The van der Waals surface area contributed by atoms with E-state index in [0.29, 0.717) is 12.5 Å². The summed E-state index contributed by atoms with van der Waals surface area (Å²) in [7, 11) is 0. The van der Waals surface area contributed by atoms with E-state index in [0.717, 1.165) is 25.9 Å². The van der Waals surface area contributed by atoms with Crippen LogP contribution in [0.4, 0.5) is 0 Å². The number of benzene rings is 1. The molecule has 1 aliphatic carbocycles. The molecule has 3 N–H and O–H groups in total. The minimum absolute atomic E-state index is 0.0107. The van der Waals surface area contributed by atoms with Crippen molar-refractivity contribution in [2.45, 2.75) is 44.3 Å². The number of carbonyl (C=O) groups excluding carboxylic acids is 1. The third-order valence-electron chi connectivity index (χ3n) is 4.63. The highest BCUT2D eigenvalue weighted by atomic mass is 16.2. The molecule has 4 nitrogen and oxygen atoms in total. The second-order valence-corrected chi connectivity index (χ2v) is 6.36. The average molecular weight is 287 g/mol. The molecule has 1 aliphatic heterocycles. The molecular formula is C17H25N3O. The topological polar surface area (TPSA) is 58.4 Å². The van der Waals surface area contributed by atoms with Gasteiger partial charge in [-0.2, -0.15) is 0 Å². The van der Waals surface area contributed by atoms with Gasteiger partial charge in [0.2, 0.25) is 5.91 Å². The molecule has 114 valence electrons. The fourth-order valence-corrected chi connectivity index (χ4v) is 3.16. The van der Waals surface area contributed by atoms with Crippen LogP contribution in [0.25, 0.3) is 0 Å². The average Bonchev–Trinajstić information content (AvgIpc) is 3.26. The lowest BCUT2D eigenvalue weighted by molar-refractivity contribution is -0.125. The Bertz CT molecular complexity index is 472. The van der Waals surface area contributed by atoms with E-state index in [2.05, 4.69) is 34.5 Å². The first-order chi connectivity index (χ1) is 10.2. The van der Waals surface area contributed by atoms with Crippen molar-refractivity contribution in [1.82, 2.24) is 10.2 Å². The molecule has 0 radical (unpaired) electrons. The first kappa shape index (κ1) is 14.5. The van der Waals surface area contributed by atoms with Crippen LogP contribution < -0.4 is 11.1 Å². The quantitative estimate of drug-likeness (QED) is 0.834. The molecule has 0 aromatic heterocycles. The van der Waals surface area contributed by atoms with Gasteiger partial charge in [-0.15, -0.1) is 0 Å². The van der Waals surface area contributed by atoms with Crippen LogP contribution in [0.15, 0.2) is 30.3 Å². The van der Waals surface area contributed by atoms with E-state index in [4.69, 9.17) is 5.73 Å². The van der Waals surface area contributed by atoms with Gasteiger partial charge >= 0.3 is 0 Å². The van der Waals surface area contributed by atoms with Gasteiger partial charge in [-0.05, 0) is 43.7 Å². The van der Waals surface area contributed by atoms with Gasteiger partial charge in [-0.25, -0.2) is 0 Å². The maximum atomic E-state index is 12.4. The molecule has 0 spiro atoms. The molecule has 2 aliphatic rings. The van der Waals surface area contributed by atoms with Gasteiger partial charge in [-0.1, -0.05) is 30.3 Å². The van der Waals surface area contributed by atoms with Crippen molar-refractivity contribution >= 4 is 5.91 Å². The van der Waals surface area contributed by atoms with Gasteiger partial charge in [0, 0.05) is 19.1 Å². The lowest BCUT2D eigenvalue weighted by Crippen LogP contribution is -2.47. The van der Waals surface area contributed by atoms with Crippen molar-refractivity contribution in [3.63, 3.8) is 0 Å². The van der Waals surface area contributed by atoms with Crippen molar-refractivity contribution in [2.75, 3.05) is 13.1 Å². The number of carbonyl (C=O) groups is 1. The Hall–Kier alpha value is -1.39. The molecule has 3 rings (SSSR count). The van der Waals surface area contributed by atoms with Crippen LogP contribution in [-0.4, -0.2) is 36.0 Å². The zero-order valence-electron chi connectivity index (χ0n) is 12.5. The zero-order chi connectivity index (χ0) is 14.7.